The van der Waals surface area contributed by atoms with Crippen LogP contribution in [-0.2, 0) is 14.3 Å². The number of allylic oxidation sites excluding steroid dienone is 3. The molecular formula is C20H27NO4. The van der Waals surface area contributed by atoms with Crippen molar-refractivity contribution in [1.29, 1.82) is 0 Å². The van der Waals surface area contributed by atoms with Crippen LogP contribution in [0, 0.1) is 5.41 Å². The second-order valence-electron chi connectivity index (χ2n) is 6.58. The van der Waals surface area contributed by atoms with E-state index in [1.165, 1.54) is 7.11 Å². The van der Waals surface area contributed by atoms with Crippen molar-refractivity contribution in [2.24, 2.45) is 11.1 Å². The first-order valence-corrected chi connectivity index (χ1v) is 8.05. The molecule has 0 radical (unpaired) electrons. The van der Waals surface area contributed by atoms with Gasteiger partial charge in [0.2, 0.25) is 0 Å². The molecule has 5 nitrogen and oxygen atoms in total. The maximum atomic E-state index is 12.4. The molecule has 5 heteroatoms. The zero-order valence-corrected chi connectivity index (χ0v) is 15.6. The Labute approximate surface area is 149 Å². The van der Waals surface area contributed by atoms with Crippen LogP contribution in [0.15, 0.2) is 42.1 Å². The quantitative estimate of drug-likeness (QED) is 0.444. The molecule has 0 atom stereocenters. The van der Waals surface area contributed by atoms with E-state index in [0.29, 0.717) is 17.9 Å². The number of ketones is 1. The number of nitrogens with two attached hydrogens (primary N) is 1. The van der Waals surface area contributed by atoms with Gasteiger partial charge in [0.1, 0.15) is 0 Å². The highest BCUT2D eigenvalue weighted by molar-refractivity contribution is 5.99. The molecule has 0 heterocycles. The van der Waals surface area contributed by atoms with Gasteiger partial charge in [-0.05, 0) is 38.0 Å². The minimum atomic E-state index is -0.843. The third-order valence-electron chi connectivity index (χ3n) is 3.86. The van der Waals surface area contributed by atoms with E-state index in [9.17, 15) is 9.59 Å². The molecule has 0 fully saturated rings. The van der Waals surface area contributed by atoms with Crippen LogP contribution in [0.2, 0.25) is 0 Å². The molecule has 0 saturated heterocycles. The Balaban J connectivity index is 2.85. The molecular weight excluding hydrogens is 318 g/mol. The zero-order chi connectivity index (χ0) is 19.0. The normalized spacial score (nSPS) is 12.8. The second kappa shape index (κ2) is 9.18. The first-order valence-electron chi connectivity index (χ1n) is 8.05. The largest absolute Gasteiger partial charge is 0.469 e. The van der Waals surface area contributed by atoms with Crippen LogP contribution in [0.25, 0.3) is 5.57 Å². The fraction of sp³-hybridized carbons (Fsp3) is 0.400. The van der Waals surface area contributed by atoms with E-state index in [4.69, 9.17) is 15.2 Å². The minimum absolute atomic E-state index is 0.0900. The number of carbonyl (C=O) groups excluding carboxylic acids is 2. The molecule has 0 aliphatic heterocycles. The third-order valence-corrected chi connectivity index (χ3v) is 3.86. The number of benzene rings is 1. The smallest absolute Gasteiger partial charge is 0.311 e. The first kappa shape index (κ1) is 20.6. The monoisotopic (exact) mass is 345 g/mol. The van der Waals surface area contributed by atoms with E-state index in [1.807, 2.05) is 25.1 Å². The molecule has 0 saturated carbocycles. The summed E-state index contributed by atoms with van der Waals surface area (Å²) in [6.45, 7) is 5.75. The van der Waals surface area contributed by atoms with E-state index in [2.05, 4.69) is 0 Å². The van der Waals surface area contributed by atoms with Crippen molar-refractivity contribution < 1.29 is 19.1 Å². The van der Waals surface area contributed by atoms with Crippen molar-refractivity contribution in [3.05, 3.63) is 53.2 Å². The van der Waals surface area contributed by atoms with Crippen molar-refractivity contribution in [2.75, 3.05) is 20.8 Å². The summed E-state index contributed by atoms with van der Waals surface area (Å²) in [6.07, 6.45) is 3.81. The number of hydrogen-bond acceptors (Lipinski definition) is 5. The number of esters is 1. The predicted molar refractivity (Wildman–Crippen MR) is 99.0 cm³/mol. The maximum absolute atomic E-state index is 12.4. The number of carbonyl (C=O) groups is 2. The van der Waals surface area contributed by atoms with E-state index in [-0.39, 0.29) is 12.2 Å². The van der Waals surface area contributed by atoms with Gasteiger partial charge < -0.3 is 15.2 Å². The molecule has 2 N–H and O–H groups in total. The molecule has 0 unspecified atom stereocenters. The zero-order valence-electron chi connectivity index (χ0n) is 15.6. The number of Topliss-reactive ketones (excluding diaryl/α,β-unsaturated/α-hetero) is 1. The Hall–Kier alpha value is -2.40. The summed E-state index contributed by atoms with van der Waals surface area (Å²) < 4.78 is 9.70. The molecule has 0 amide bonds. The SMILES string of the molecule is COC/C(N)=C\C=C(/C)c1ccc(C(=O)CC(C)(C)C(=O)OC)cc1. The van der Waals surface area contributed by atoms with Gasteiger partial charge in [-0.15, -0.1) is 0 Å². The van der Waals surface area contributed by atoms with Crippen LogP contribution in [0.3, 0.4) is 0 Å². The van der Waals surface area contributed by atoms with E-state index >= 15 is 0 Å². The Kier molecular flexibility index (Phi) is 7.58. The summed E-state index contributed by atoms with van der Waals surface area (Å²) in [7, 11) is 2.92. The lowest BCUT2D eigenvalue weighted by Crippen LogP contribution is -2.28. The number of hydrogen-bond donors (Lipinski definition) is 1. The van der Waals surface area contributed by atoms with Gasteiger partial charge in [0.15, 0.2) is 5.78 Å². The van der Waals surface area contributed by atoms with Gasteiger partial charge in [0, 0.05) is 24.8 Å². The van der Waals surface area contributed by atoms with E-state index < -0.39 is 11.4 Å². The van der Waals surface area contributed by atoms with Gasteiger partial charge in [-0.3, -0.25) is 9.59 Å². The molecule has 0 aromatic heterocycles. The van der Waals surface area contributed by atoms with Crippen LogP contribution < -0.4 is 5.73 Å². The Morgan fingerprint density at radius 3 is 2.16 bits per heavy atom. The average molecular weight is 345 g/mol. The van der Waals surface area contributed by atoms with Gasteiger partial charge in [0.05, 0.1) is 19.1 Å². The summed E-state index contributed by atoms with van der Waals surface area (Å²) in [5, 5.41) is 0. The lowest BCUT2D eigenvalue weighted by molar-refractivity contribution is -0.150. The highest BCUT2D eigenvalue weighted by atomic mass is 16.5. The predicted octanol–water partition coefficient (Wildman–Crippen LogP) is 3.35. The van der Waals surface area contributed by atoms with Crippen LogP contribution in [0.4, 0.5) is 0 Å². The summed E-state index contributed by atoms with van der Waals surface area (Å²) in [4.78, 5) is 24.1. The molecule has 0 aliphatic rings. The lowest BCUT2D eigenvalue weighted by atomic mass is 9.85. The lowest BCUT2D eigenvalue weighted by Gasteiger charge is -2.20. The first-order chi connectivity index (χ1) is 11.7. The standard InChI is InChI=1S/C20H27NO4/c1-14(6-11-17(21)13-24-4)15-7-9-16(10-8-15)18(22)12-20(2,3)19(23)25-5/h6-11H,12-13,21H2,1-5H3/b14-6+,17-11+. The van der Waals surface area contributed by atoms with Gasteiger partial charge in [-0.2, -0.15) is 0 Å². The number of rotatable bonds is 8. The minimum Gasteiger partial charge on any atom is -0.469 e. The van der Waals surface area contributed by atoms with Crippen molar-refractivity contribution in [2.45, 2.75) is 27.2 Å². The molecule has 25 heavy (non-hydrogen) atoms. The molecule has 0 aliphatic carbocycles. The van der Waals surface area contributed by atoms with Gasteiger partial charge >= 0.3 is 5.97 Å². The molecule has 0 spiro atoms. The van der Waals surface area contributed by atoms with E-state index in [0.717, 1.165) is 11.1 Å². The summed E-state index contributed by atoms with van der Waals surface area (Å²) in [5.41, 5.74) is 8.16. The summed E-state index contributed by atoms with van der Waals surface area (Å²) >= 11 is 0. The van der Waals surface area contributed by atoms with Crippen LogP contribution in [0.1, 0.15) is 43.1 Å². The summed E-state index contributed by atoms with van der Waals surface area (Å²) in [5.74, 6) is -0.482. The number of methoxy groups -OCH3 is 2. The highest BCUT2D eigenvalue weighted by Gasteiger charge is 2.31. The highest BCUT2D eigenvalue weighted by Crippen LogP contribution is 2.25. The van der Waals surface area contributed by atoms with Crippen LogP contribution >= 0.6 is 0 Å². The van der Waals surface area contributed by atoms with Crippen molar-refractivity contribution >= 4 is 17.3 Å². The second-order valence-corrected chi connectivity index (χ2v) is 6.58. The van der Waals surface area contributed by atoms with Crippen molar-refractivity contribution in [1.82, 2.24) is 0 Å². The molecule has 0 bridgehead atoms. The Morgan fingerprint density at radius 1 is 1.08 bits per heavy atom. The van der Waals surface area contributed by atoms with Gasteiger partial charge in [-0.25, -0.2) is 0 Å². The third kappa shape index (κ3) is 6.19. The van der Waals surface area contributed by atoms with Gasteiger partial charge in [-0.1, -0.05) is 30.3 Å². The fourth-order valence-corrected chi connectivity index (χ4v) is 2.31. The van der Waals surface area contributed by atoms with Crippen LogP contribution in [-0.4, -0.2) is 32.6 Å². The number of ether oxygens (including phenoxy) is 2. The summed E-state index contributed by atoms with van der Waals surface area (Å²) in [6, 6.07) is 7.30. The fourth-order valence-electron chi connectivity index (χ4n) is 2.31. The Bertz CT molecular complexity index is 669. The van der Waals surface area contributed by atoms with Gasteiger partial charge in [0.25, 0.3) is 0 Å². The maximum Gasteiger partial charge on any atom is 0.311 e. The topological polar surface area (TPSA) is 78.6 Å². The molecule has 136 valence electrons. The molecule has 1 aromatic rings. The average Bonchev–Trinajstić information content (AvgIpc) is 2.58. The molecule has 1 rings (SSSR count). The van der Waals surface area contributed by atoms with Crippen LogP contribution in [0.5, 0.6) is 0 Å². The molecule has 1 aromatic carbocycles. The Morgan fingerprint density at radius 2 is 1.64 bits per heavy atom. The van der Waals surface area contributed by atoms with E-state index in [1.54, 1.807) is 39.2 Å². The van der Waals surface area contributed by atoms with Crippen molar-refractivity contribution in [3.8, 4) is 0 Å². The van der Waals surface area contributed by atoms with Crippen molar-refractivity contribution in [3.63, 3.8) is 0 Å².